The van der Waals surface area contributed by atoms with E-state index in [2.05, 4.69) is 29.4 Å². The lowest BCUT2D eigenvalue weighted by Gasteiger charge is -2.16. The summed E-state index contributed by atoms with van der Waals surface area (Å²) in [5.74, 6) is 1.92. The Morgan fingerprint density at radius 1 is 1.50 bits per heavy atom. The number of aromatic nitrogens is 1. The first-order valence-corrected chi connectivity index (χ1v) is 5.50. The molecule has 1 aromatic rings. The van der Waals surface area contributed by atoms with Crippen molar-refractivity contribution in [3.05, 3.63) is 23.9 Å². The molecular weight excluding hydrogens is 172 g/mol. The van der Waals surface area contributed by atoms with Gasteiger partial charge in [-0.15, -0.1) is 0 Å². The number of hydrogen-bond donors (Lipinski definition) is 1. The lowest BCUT2D eigenvalue weighted by atomic mass is 10.1. The third kappa shape index (κ3) is 2.25. The molecule has 76 valence electrons. The van der Waals surface area contributed by atoms with E-state index in [1.165, 1.54) is 19.3 Å². The second-order valence-corrected chi connectivity index (χ2v) is 4.16. The highest BCUT2D eigenvalue weighted by Crippen LogP contribution is 2.35. The van der Waals surface area contributed by atoms with Crippen LogP contribution in [0, 0.1) is 12.8 Å². The fourth-order valence-corrected chi connectivity index (χ4v) is 1.87. The predicted octanol–water partition coefficient (Wildman–Crippen LogP) is 2.99. The van der Waals surface area contributed by atoms with Crippen molar-refractivity contribution in [2.75, 3.05) is 5.32 Å². The van der Waals surface area contributed by atoms with Crippen LogP contribution in [0.25, 0.3) is 0 Å². The van der Waals surface area contributed by atoms with Gasteiger partial charge in [-0.25, -0.2) is 4.98 Å². The molecule has 0 saturated heterocycles. The first kappa shape index (κ1) is 9.50. The molecule has 14 heavy (non-hydrogen) atoms. The van der Waals surface area contributed by atoms with Crippen LogP contribution < -0.4 is 5.32 Å². The van der Waals surface area contributed by atoms with Crippen molar-refractivity contribution in [1.82, 2.24) is 4.98 Å². The van der Waals surface area contributed by atoms with E-state index in [0.29, 0.717) is 6.04 Å². The summed E-state index contributed by atoms with van der Waals surface area (Å²) in [6.07, 6.45) is 3.97. The van der Waals surface area contributed by atoms with Crippen LogP contribution in [0.2, 0.25) is 0 Å². The lowest BCUT2D eigenvalue weighted by molar-refractivity contribution is 0.614. The summed E-state index contributed by atoms with van der Waals surface area (Å²) >= 11 is 0. The maximum atomic E-state index is 4.46. The number of nitrogens with one attached hydrogen (secondary N) is 1. The predicted molar refractivity (Wildman–Crippen MR) is 59.4 cm³/mol. The highest BCUT2D eigenvalue weighted by Gasteiger charge is 2.29. The van der Waals surface area contributed by atoms with Crippen molar-refractivity contribution in [2.24, 2.45) is 5.92 Å². The number of aryl methyl sites for hydroxylation is 1. The second kappa shape index (κ2) is 3.99. The van der Waals surface area contributed by atoms with E-state index in [1.54, 1.807) is 0 Å². The minimum atomic E-state index is 0.629. The van der Waals surface area contributed by atoms with Gasteiger partial charge in [-0.2, -0.15) is 0 Å². The lowest BCUT2D eigenvalue weighted by Crippen LogP contribution is -2.21. The minimum Gasteiger partial charge on any atom is -0.367 e. The molecule has 1 saturated carbocycles. The molecule has 0 radical (unpaired) electrons. The van der Waals surface area contributed by atoms with Gasteiger partial charge in [0.1, 0.15) is 5.82 Å². The summed E-state index contributed by atoms with van der Waals surface area (Å²) in [4.78, 5) is 4.46. The molecule has 0 aliphatic heterocycles. The first-order chi connectivity index (χ1) is 6.79. The molecule has 1 heterocycles. The van der Waals surface area contributed by atoms with Crippen molar-refractivity contribution in [1.29, 1.82) is 0 Å². The third-order valence-corrected chi connectivity index (χ3v) is 2.85. The summed E-state index contributed by atoms with van der Waals surface area (Å²) in [5, 5.41) is 3.52. The van der Waals surface area contributed by atoms with Gasteiger partial charge in [-0.05, 0) is 44.2 Å². The standard InChI is InChI=1S/C12H18N2/c1-3-11(10-7-8-10)14-12-6-4-5-9(2)13-12/h4-6,10-11H,3,7-8H2,1-2H3,(H,13,14). The summed E-state index contributed by atoms with van der Waals surface area (Å²) in [6.45, 7) is 4.27. The molecule has 0 bridgehead atoms. The van der Waals surface area contributed by atoms with Crippen molar-refractivity contribution in [2.45, 2.75) is 39.2 Å². The van der Waals surface area contributed by atoms with Gasteiger partial charge in [0.2, 0.25) is 0 Å². The molecule has 1 N–H and O–H groups in total. The van der Waals surface area contributed by atoms with Crippen molar-refractivity contribution < 1.29 is 0 Å². The summed E-state index contributed by atoms with van der Waals surface area (Å²) in [5.41, 5.74) is 1.08. The van der Waals surface area contributed by atoms with E-state index in [-0.39, 0.29) is 0 Å². The molecule has 2 heteroatoms. The van der Waals surface area contributed by atoms with Crippen LogP contribution >= 0.6 is 0 Å². The Morgan fingerprint density at radius 3 is 2.86 bits per heavy atom. The Bertz CT molecular complexity index is 305. The normalized spacial score (nSPS) is 17.9. The molecule has 1 aliphatic carbocycles. The number of pyridine rings is 1. The highest BCUT2D eigenvalue weighted by molar-refractivity contribution is 5.36. The molecule has 2 nitrogen and oxygen atoms in total. The van der Waals surface area contributed by atoms with E-state index < -0.39 is 0 Å². The molecule has 2 rings (SSSR count). The third-order valence-electron chi connectivity index (χ3n) is 2.85. The average molecular weight is 190 g/mol. The zero-order chi connectivity index (χ0) is 9.97. The quantitative estimate of drug-likeness (QED) is 0.789. The van der Waals surface area contributed by atoms with E-state index >= 15 is 0 Å². The van der Waals surface area contributed by atoms with Gasteiger partial charge in [0.15, 0.2) is 0 Å². The van der Waals surface area contributed by atoms with Gasteiger partial charge in [-0.3, -0.25) is 0 Å². The van der Waals surface area contributed by atoms with Crippen LogP contribution in [0.5, 0.6) is 0 Å². The molecule has 1 fully saturated rings. The zero-order valence-corrected chi connectivity index (χ0v) is 8.96. The Labute approximate surface area is 85.7 Å². The Kier molecular flexibility index (Phi) is 2.71. The topological polar surface area (TPSA) is 24.9 Å². The van der Waals surface area contributed by atoms with Crippen LogP contribution in [0.15, 0.2) is 18.2 Å². The van der Waals surface area contributed by atoms with Gasteiger partial charge >= 0.3 is 0 Å². The van der Waals surface area contributed by atoms with Crippen LogP contribution in [-0.2, 0) is 0 Å². The fourth-order valence-electron chi connectivity index (χ4n) is 1.87. The van der Waals surface area contributed by atoms with E-state index in [1.807, 2.05) is 13.0 Å². The Balaban J connectivity index is 2.01. The van der Waals surface area contributed by atoms with Crippen molar-refractivity contribution in [3.63, 3.8) is 0 Å². The molecule has 1 aliphatic rings. The molecule has 1 aromatic heterocycles. The highest BCUT2D eigenvalue weighted by atomic mass is 15.0. The molecule has 0 aromatic carbocycles. The summed E-state index contributed by atoms with van der Waals surface area (Å²) in [6, 6.07) is 6.77. The largest absolute Gasteiger partial charge is 0.367 e. The van der Waals surface area contributed by atoms with Gasteiger partial charge in [-0.1, -0.05) is 13.0 Å². The molecule has 0 spiro atoms. The number of anilines is 1. The van der Waals surface area contributed by atoms with Crippen molar-refractivity contribution in [3.8, 4) is 0 Å². The number of nitrogens with zero attached hydrogens (tertiary/aromatic N) is 1. The maximum Gasteiger partial charge on any atom is 0.126 e. The minimum absolute atomic E-state index is 0.629. The van der Waals surface area contributed by atoms with Crippen LogP contribution in [-0.4, -0.2) is 11.0 Å². The van der Waals surface area contributed by atoms with Crippen LogP contribution in [0.3, 0.4) is 0 Å². The van der Waals surface area contributed by atoms with Crippen LogP contribution in [0.4, 0.5) is 5.82 Å². The average Bonchev–Trinajstić information content (AvgIpc) is 2.97. The summed E-state index contributed by atoms with van der Waals surface area (Å²) in [7, 11) is 0. The first-order valence-electron chi connectivity index (χ1n) is 5.50. The smallest absolute Gasteiger partial charge is 0.126 e. The second-order valence-electron chi connectivity index (χ2n) is 4.16. The Morgan fingerprint density at radius 2 is 2.29 bits per heavy atom. The van der Waals surface area contributed by atoms with Gasteiger partial charge in [0.05, 0.1) is 0 Å². The van der Waals surface area contributed by atoms with E-state index in [0.717, 1.165) is 17.4 Å². The van der Waals surface area contributed by atoms with Crippen molar-refractivity contribution >= 4 is 5.82 Å². The fraction of sp³-hybridized carbons (Fsp3) is 0.583. The van der Waals surface area contributed by atoms with E-state index in [4.69, 9.17) is 0 Å². The van der Waals surface area contributed by atoms with Crippen LogP contribution in [0.1, 0.15) is 31.9 Å². The van der Waals surface area contributed by atoms with Gasteiger partial charge < -0.3 is 5.32 Å². The van der Waals surface area contributed by atoms with E-state index in [9.17, 15) is 0 Å². The monoisotopic (exact) mass is 190 g/mol. The molecule has 0 amide bonds. The molecule has 1 atom stereocenters. The number of hydrogen-bond acceptors (Lipinski definition) is 2. The maximum absolute atomic E-state index is 4.46. The molecular formula is C12H18N2. The zero-order valence-electron chi connectivity index (χ0n) is 8.96. The number of rotatable bonds is 4. The SMILES string of the molecule is CCC(Nc1cccc(C)n1)C1CC1. The summed E-state index contributed by atoms with van der Waals surface area (Å²) < 4.78 is 0. The Hall–Kier alpha value is -1.05. The molecule has 1 unspecified atom stereocenters. The van der Waals surface area contributed by atoms with Gasteiger partial charge in [0.25, 0.3) is 0 Å². The van der Waals surface area contributed by atoms with Gasteiger partial charge in [0, 0.05) is 11.7 Å².